The minimum absolute atomic E-state index is 0.391. The number of halogens is 1. The maximum atomic E-state index is 11.7. The van der Waals surface area contributed by atoms with Crippen molar-refractivity contribution in [3.63, 3.8) is 0 Å². The summed E-state index contributed by atoms with van der Waals surface area (Å²) >= 11 is 6.10. The van der Waals surface area contributed by atoms with Gasteiger partial charge in [0.1, 0.15) is 0 Å². The number of carbonyl (C=O) groups excluding carboxylic acids is 1. The molecular formula is C16H16ClN3O3. The molecule has 7 heteroatoms. The first-order chi connectivity index (χ1) is 11.1. The van der Waals surface area contributed by atoms with E-state index in [4.69, 9.17) is 21.1 Å². The summed E-state index contributed by atoms with van der Waals surface area (Å²) in [5.74, 6) is 0.927. The average Bonchev–Trinajstić information content (AvgIpc) is 2.55. The van der Waals surface area contributed by atoms with Crippen LogP contribution < -0.4 is 20.2 Å². The van der Waals surface area contributed by atoms with Gasteiger partial charge in [0.2, 0.25) is 0 Å². The number of hydrogen-bond acceptors (Lipinski definition) is 4. The van der Waals surface area contributed by atoms with Gasteiger partial charge in [-0.3, -0.25) is 0 Å². The second-order valence-electron chi connectivity index (χ2n) is 4.43. The van der Waals surface area contributed by atoms with Crippen LogP contribution in [0.4, 0.5) is 10.5 Å². The number of hydrazone groups is 1. The van der Waals surface area contributed by atoms with Crippen molar-refractivity contribution in [1.29, 1.82) is 0 Å². The molecule has 0 saturated heterocycles. The van der Waals surface area contributed by atoms with Crippen molar-refractivity contribution in [3.8, 4) is 11.5 Å². The highest BCUT2D eigenvalue weighted by Gasteiger charge is 2.10. The van der Waals surface area contributed by atoms with Crippen LogP contribution >= 0.6 is 11.6 Å². The summed E-state index contributed by atoms with van der Waals surface area (Å²) in [4.78, 5) is 11.7. The third kappa shape index (κ3) is 4.62. The molecule has 2 aromatic rings. The quantitative estimate of drug-likeness (QED) is 0.649. The van der Waals surface area contributed by atoms with E-state index in [-0.39, 0.29) is 0 Å². The molecule has 2 amide bonds. The first-order valence-electron chi connectivity index (χ1n) is 6.70. The number of carbonyl (C=O) groups is 1. The number of methoxy groups -OCH3 is 2. The number of nitrogens with one attached hydrogen (secondary N) is 2. The van der Waals surface area contributed by atoms with Crippen LogP contribution in [-0.4, -0.2) is 26.5 Å². The Morgan fingerprint density at radius 2 is 1.91 bits per heavy atom. The van der Waals surface area contributed by atoms with E-state index in [9.17, 15) is 4.79 Å². The van der Waals surface area contributed by atoms with Crippen LogP contribution in [0, 0.1) is 0 Å². The van der Waals surface area contributed by atoms with Gasteiger partial charge in [-0.2, -0.15) is 5.10 Å². The fraction of sp³-hybridized carbons (Fsp3) is 0.125. The van der Waals surface area contributed by atoms with E-state index in [2.05, 4.69) is 15.8 Å². The zero-order valence-corrected chi connectivity index (χ0v) is 13.4. The van der Waals surface area contributed by atoms with Gasteiger partial charge >= 0.3 is 6.03 Å². The van der Waals surface area contributed by atoms with E-state index in [1.165, 1.54) is 20.4 Å². The normalized spacial score (nSPS) is 10.4. The summed E-state index contributed by atoms with van der Waals surface area (Å²) < 4.78 is 10.3. The van der Waals surface area contributed by atoms with Gasteiger partial charge in [0.05, 0.1) is 25.5 Å². The van der Waals surface area contributed by atoms with E-state index in [1.807, 2.05) is 18.2 Å². The Morgan fingerprint density at radius 1 is 1.17 bits per heavy atom. The highest BCUT2D eigenvalue weighted by molar-refractivity contribution is 6.32. The van der Waals surface area contributed by atoms with Gasteiger partial charge in [-0.15, -0.1) is 0 Å². The predicted molar refractivity (Wildman–Crippen MR) is 90.7 cm³/mol. The van der Waals surface area contributed by atoms with Crippen molar-refractivity contribution in [1.82, 2.24) is 5.43 Å². The topological polar surface area (TPSA) is 72.0 Å². The van der Waals surface area contributed by atoms with Crippen molar-refractivity contribution in [3.05, 3.63) is 53.1 Å². The molecule has 120 valence electrons. The van der Waals surface area contributed by atoms with Crippen LogP contribution in [0.15, 0.2) is 47.6 Å². The van der Waals surface area contributed by atoms with Gasteiger partial charge < -0.3 is 14.8 Å². The highest BCUT2D eigenvalue weighted by atomic mass is 35.5. The SMILES string of the molecule is COc1cc(/C=N/NC(=O)Nc2ccccc2)cc(Cl)c1OC. The average molecular weight is 334 g/mol. The molecule has 0 saturated carbocycles. The zero-order chi connectivity index (χ0) is 16.7. The van der Waals surface area contributed by atoms with E-state index < -0.39 is 6.03 Å². The number of anilines is 1. The Hall–Kier alpha value is -2.73. The number of urea groups is 1. The van der Waals surface area contributed by atoms with Crippen LogP contribution in [0.3, 0.4) is 0 Å². The largest absolute Gasteiger partial charge is 0.493 e. The zero-order valence-electron chi connectivity index (χ0n) is 12.7. The Labute approximate surface area is 139 Å². The second-order valence-corrected chi connectivity index (χ2v) is 4.84. The number of ether oxygens (including phenoxy) is 2. The van der Waals surface area contributed by atoms with Crippen molar-refractivity contribution >= 4 is 29.5 Å². The summed E-state index contributed by atoms with van der Waals surface area (Å²) in [6.45, 7) is 0. The third-order valence-corrected chi connectivity index (χ3v) is 3.15. The van der Waals surface area contributed by atoms with Gasteiger partial charge in [-0.1, -0.05) is 29.8 Å². The lowest BCUT2D eigenvalue weighted by Crippen LogP contribution is -2.24. The maximum absolute atomic E-state index is 11.7. The molecule has 0 unspecified atom stereocenters. The monoisotopic (exact) mass is 333 g/mol. The van der Waals surface area contributed by atoms with Crippen LogP contribution in [0.25, 0.3) is 0 Å². The first kappa shape index (κ1) is 16.6. The highest BCUT2D eigenvalue weighted by Crippen LogP contribution is 2.35. The molecule has 0 radical (unpaired) electrons. The molecule has 0 bridgehead atoms. The molecular weight excluding hydrogens is 318 g/mol. The number of nitrogens with zero attached hydrogens (tertiary/aromatic N) is 1. The molecule has 0 aromatic heterocycles. The maximum Gasteiger partial charge on any atom is 0.339 e. The Balaban J connectivity index is 2.00. The molecule has 0 heterocycles. The molecule has 0 aliphatic rings. The van der Waals surface area contributed by atoms with E-state index in [1.54, 1.807) is 24.3 Å². The molecule has 0 aliphatic heterocycles. The Bertz CT molecular complexity index is 705. The molecule has 6 nitrogen and oxygen atoms in total. The lowest BCUT2D eigenvalue weighted by atomic mass is 10.2. The number of rotatable bonds is 5. The summed E-state index contributed by atoms with van der Waals surface area (Å²) in [6.07, 6.45) is 1.46. The number of hydrogen-bond donors (Lipinski definition) is 2. The lowest BCUT2D eigenvalue weighted by molar-refractivity contribution is 0.252. The fourth-order valence-corrected chi connectivity index (χ4v) is 2.15. The van der Waals surface area contributed by atoms with Gasteiger partial charge in [0.25, 0.3) is 0 Å². The van der Waals surface area contributed by atoms with Crippen molar-refractivity contribution in [2.75, 3.05) is 19.5 Å². The van der Waals surface area contributed by atoms with Crippen molar-refractivity contribution in [2.24, 2.45) is 5.10 Å². The molecule has 2 aromatic carbocycles. The van der Waals surface area contributed by atoms with Crippen LogP contribution in [0.2, 0.25) is 5.02 Å². The first-order valence-corrected chi connectivity index (χ1v) is 7.08. The van der Waals surface area contributed by atoms with Gasteiger partial charge in [-0.05, 0) is 29.8 Å². The van der Waals surface area contributed by atoms with Gasteiger partial charge in [0, 0.05) is 5.69 Å². The molecule has 0 fully saturated rings. The Morgan fingerprint density at radius 3 is 2.57 bits per heavy atom. The smallest absolute Gasteiger partial charge is 0.339 e. The van der Waals surface area contributed by atoms with Crippen molar-refractivity contribution < 1.29 is 14.3 Å². The number of amides is 2. The van der Waals surface area contributed by atoms with E-state index in [0.29, 0.717) is 27.8 Å². The van der Waals surface area contributed by atoms with Crippen LogP contribution in [0.1, 0.15) is 5.56 Å². The summed E-state index contributed by atoms with van der Waals surface area (Å²) in [5, 5.41) is 6.90. The molecule has 2 N–H and O–H groups in total. The Kier molecular flexibility index (Phi) is 5.82. The summed E-state index contributed by atoms with van der Waals surface area (Å²) in [5.41, 5.74) is 3.70. The third-order valence-electron chi connectivity index (χ3n) is 2.87. The molecule has 23 heavy (non-hydrogen) atoms. The molecule has 0 atom stereocenters. The minimum atomic E-state index is -0.445. The standard InChI is InChI=1S/C16H16ClN3O3/c1-22-14-9-11(8-13(17)15(14)23-2)10-18-20-16(21)19-12-6-4-3-5-7-12/h3-10H,1-2H3,(H2,19,20,21)/b18-10+. The molecule has 0 aliphatic carbocycles. The summed E-state index contributed by atoms with van der Waals surface area (Å²) in [7, 11) is 3.02. The van der Waals surface area contributed by atoms with Crippen LogP contribution in [0.5, 0.6) is 11.5 Å². The van der Waals surface area contributed by atoms with Crippen LogP contribution in [-0.2, 0) is 0 Å². The van der Waals surface area contributed by atoms with E-state index >= 15 is 0 Å². The minimum Gasteiger partial charge on any atom is -0.493 e. The van der Waals surface area contributed by atoms with Gasteiger partial charge in [-0.25, -0.2) is 10.2 Å². The molecule has 0 spiro atoms. The van der Waals surface area contributed by atoms with Gasteiger partial charge in [0.15, 0.2) is 11.5 Å². The number of para-hydroxylation sites is 1. The predicted octanol–water partition coefficient (Wildman–Crippen LogP) is 3.51. The second kappa shape index (κ2) is 8.05. The van der Waals surface area contributed by atoms with E-state index in [0.717, 1.165) is 0 Å². The summed E-state index contributed by atoms with van der Waals surface area (Å²) in [6, 6.07) is 12.0. The fourth-order valence-electron chi connectivity index (χ4n) is 1.86. The van der Waals surface area contributed by atoms with Crippen molar-refractivity contribution in [2.45, 2.75) is 0 Å². The number of benzene rings is 2. The lowest BCUT2D eigenvalue weighted by Gasteiger charge is -2.10. The molecule has 2 rings (SSSR count).